The first kappa shape index (κ1) is 12.0. The van der Waals surface area contributed by atoms with Crippen LogP contribution in [0.2, 0.25) is 0 Å². The van der Waals surface area contributed by atoms with Crippen molar-refractivity contribution in [3.8, 4) is 0 Å². The third-order valence-corrected chi connectivity index (χ3v) is 3.21. The largest absolute Gasteiger partial charge is 0.341 e. The number of carbonyl (C=O) groups is 1. The van der Waals surface area contributed by atoms with Gasteiger partial charge in [-0.05, 0) is 19.9 Å². The Hall–Kier alpha value is -1.43. The van der Waals surface area contributed by atoms with Gasteiger partial charge in [0.1, 0.15) is 0 Å². The summed E-state index contributed by atoms with van der Waals surface area (Å²) in [5.41, 5.74) is 0. The van der Waals surface area contributed by atoms with Gasteiger partial charge in [0.25, 0.3) is 0 Å². The predicted molar refractivity (Wildman–Crippen MR) is 63.3 cm³/mol. The molecule has 6 nitrogen and oxygen atoms in total. The topological polar surface area (TPSA) is 63.1 Å². The minimum Gasteiger partial charge on any atom is -0.341 e. The van der Waals surface area contributed by atoms with Crippen molar-refractivity contribution in [1.29, 1.82) is 0 Å². The molecule has 1 aromatic heterocycles. The summed E-state index contributed by atoms with van der Waals surface area (Å²) < 4.78 is 1.69. The Morgan fingerprint density at radius 3 is 3.18 bits per heavy atom. The van der Waals surface area contributed by atoms with E-state index in [1.165, 1.54) is 0 Å². The molecular formula is C11H19N5O. The molecular weight excluding hydrogens is 218 g/mol. The van der Waals surface area contributed by atoms with Crippen LogP contribution in [0.5, 0.6) is 0 Å². The molecule has 94 valence electrons. The van der Waals surface area contributed by atoms with E-state index in [9.17, 15) is 4.79 Å². The number of hydrogen-bond acceptors (Lipinski definition) is 4. The van der Waals surface area contributed by atoms with Crippen LogP contribution in [-0.4, -0.2) is 52.0 Å². The number of nitrogens with one attached hydrogen (secondary N) is 1. The molecule has 1 unspecified atom stereocenters. The number of aromatic nitrogens is 3. The van der Waals surface area contributed by atoms with Crippen molar-refractivity contribution in [1.82, 2.24) is 25.2 Å². The maximum atomic E-state index is 12.0. The molecule has 0 aliphatic carbocycles. The van der Waals surface area contributed by atoms with Crippen LogP contribution in [0.4, 0.5) is 0 Å². The smallest absolute Gasteiger partial charge is 0.224 e. The average molecular weight is 237 g/mol. The lowest BCUT2D eigenvalue weighted by molar-refractivity contribution is -0.132. The first-order valence-electron chi connectivity index (χ1n) is 6.08. The second kappa shape index (κ2) is 5.77. The van der Waals surface area contributed by atoms with E-state index >= 15 is 0 Å². The molecule has 1 N–H and O–H groups in total. The Bertz CT molecular complexity index is 351. The molecule has 1 amide bonds. The Balaban J connectivity index is 1.79. The third-order valence-electron chi connectivity index (χ3n) is 3.21. The average Bonchev–Trinajstić information content (AvgIpc) is 2.89. The van der Waals surface area contributed by atoms with E-state index in [1.54, 1.807) is 17.1 Å². The number of likely N-dealkylation sites (tertiary alicyclic amines) is 1. The number of nitrogens with zero attached hydrogens (tertiary/aromatic N) is 4. The highest BCUT2D eigenvalue weighted by Crippen LogP contribution is 2.11. The zero-order valence-electron chi connectivity index (χ0n) is 10.2. The van der Waals surface area contributed by atoms with Crippen LogP contribution in [0.15, 0.2) is 12.4 Å². The minimum absolute atomic E-state index is 0.209. The number of aryl methyl sites for hydroxylation is 1. The standard InChI is InChI=1S/C11H19N5O/c1-12-10-3-2-6-15(9-10)11(17)4-7-16-8-5-13-14-16/h5,8,10,12H,2-4,6-7,9H2,1H3. The van der Waals surface area contributed by atoms with Gasteiger partial charge in [0.05, 0.1) is 12.7 Å². The number of hydrogen-bond donors (Lipinski definition) is 1. The van der Waals surface area contributed by atoms with Crippen molar-refractivity contribution in [2.45, 2.75) is 31.8 Å². The molecule has 17 heavy (non-hydrogen) atoms. The monoisotopic (exact) mass is 237 g/mol. The van der Waals surface area contributed by atoms with Gasteiger partial charge in [-0.3, -0.25) is 9.48 Å². The Labute approximate surface area is 101 Å². The van der Waals surface area contributed by atoms with Crippen molar-refractivity contribution < 1.29 is 4.79 Å². The summed E-state index contributed by atoms with van der Waals surface area (Å²) in [4.78, 5) is 13.9. The zero-order chi connectivity index (χ0) is 12.1. The lowest BCUT2D eigenvalue weighted by Gasteiger charge is -2.32. The van der Waals surface area contributed by atoms with Crippen LogP contribution in [-0.2, 0) is 11.3 Å². The van der Waals surface area contributed by atoms with E-state index in [1.807, 2.05) is 11.9 Å². The van der Waals surface area contributed by atoms with E-state index in [0.29, 0.717) is 19.0 Å². The number of rotatable bonds is 4. The van der Waals surface area contributed by atoms with Crippen LogP contribution >= 0.6 is 0 Å². The zero-order valence-corrected chi connectivity index (χ0v) is 10.2. The molecule has 0 aromatic carbocycles. The van der Waals surface area contributed by atoms with Gasteiger partial charge in [0.2, 0.25) is 5.91 Å². The minimum atomic E-state index is 0.209. The van der Waals surface area contributed by atoms with E-state index < -0.39 is 0 Å². The molecule has 1 aliphatic rings. The Morgan fingerprint density at radius 2 is 2.47 bits per heavy atom. The predicted octanol–water partition coefficient (Wildman–Crippen LogP) is -0.121. The van der Waals surface area contributed by atoms with Gasteiger partial charge >= 0.3 is 0 Å². The lowest BCUT2D eigenvalue weighted by Crippen LogP contribution is -2.47. The molecule has 0 spiro atoms. The third kappa shape index (κ3) is 3.26. The first-order valence-corrected chi connectivity index (χ1v) is 6.08. The van der Waals surface area contributed by atoms with Crippen molar-refractivity contribution >= 4 is 5.91 Å². The molecule has 2 heterocycles. The summed E-state index contributed by atoms with van der Waals surface area (Å²) in [6.07, 6.45) is 6.14. The van der Waals surface area contributed by atoms with E-state index in [-0.39, 0.29) is 5.91 Å². The molecule has 0 saturated carbocycles. The fourth-order valence-corrected chi connectivity index (χ4v) is 2.16. The summed E-state index contributed by atoms with van der Waals surface area (Å²) >= 11 is 0. The van der Waals surface area contributed by atoms with Crippen molar-refractivity contribution in [2.75, 3.05) is 20.1 Å². The number of piperidine rings is 1. The van der Waals surface area contributed by atoms with Gasteiger partial charge in [-0.15, -0.1) is 5.10 Å². The van der Waals surface area contributed by atoms with Crippen molar-refractivity contribution in [3.05, 3.63) is 12.4 Å². The summed E-state index contributed by atoms with van der Waals surface area (Å²) in [6, 6.07) is 0.444. The van der Waals surface area contributed by atoms with Gasteiger partial charge < -0.3 is 10.2 Å². The molecule has 0 radical (unpaired) electrons. The number of carbonyl (C=O) groups excluding carboxylic acids is 1. The summed E-state index contributed by atoms with van der Waals surface area (Å²) in [6.45, 7) is 2.32. The second-order valence-corrected chi connectivity index (χ2v) is 4.38. The van der Waals surface area contributed by atoms with Gasteiger partial charge in [-0.1, -0.05) is 5.21 Å². The molecule has 6 heteroatoms. The first-order chi connectivity index (χ1) is 8.29. The van der Waals surface area contributed by atoms with Gasteiger partial charge in [0.15, 0.2) is 0 Å². The molecule has 1 aromatic rings. The highest BCUT2D eigenvalue weighted by Gasteiger charge is 2.22. The van der Waals surface area contributed by atoms with Crippen LogP contribution in [0.25, 0.3) is 0 Å². The van der Waals surface area contributed by atoms with Crippen LogP contribution < -0.4 is 5.32 Å². The fraction of sp³-hybridized carbons (Fsp3) is 0.727. The summed E-state index contributed by atoms with van der Waals surface area (Å²) in [5, 5.41) is 10.8. The van der Waals surface area contributed by atoms with Gasteiger partial charge in [-0.25, -0.2) is 0 Å². The summed E-state index contributed by atoms with van der Waals surface area (Å²) in [5.74, 6) is 0.209. The maximum Gasteiger partial charge on any atom is 0.224 e. The highest BCUT2D eigenvalue weighted by atomic mass is 16.2. The van der Waals surface area contributed by atoms with Gasteiger partial charge in [0, 0.05) is 31.7 Å². The maximum absolute atomic E-state index is 12.0. The fourth-order valence-electron chi connectivity index (χ4n) is 2.16. The molecule has 2 rings (SSSR count). The SMILES string of the molecule is CNC1CCCN(C(=O)CCn2ccnn2)C1. The second-order valence-electron chi connectivity index (χ2n) is 4.38. The molecule has 1 atom stereocenters. The van der Waals surface area contributed by atoms with Crippen LogP contribution in [0.1, 0.15) is 19.3 Å². The lowest BCUT2D eigenvalue weighted by atomic mass is 10.1. The highest BCUT2D eigenvalue weighted by molar-refractivity contribution is 5.76. The Morgan fingerprint density at radius 1 is 1.59 bits per heavy atom. The van der Waals surface area contributed by atoms with Crippen molar-refractivity contribution in [2.24, 2.45) is 0 Å². The van der Waals surface area contributed by atoms with E-state index in [2.05, 4.69) is 15.6 Å². The Kier molecular flexibility index (Phi) is 4.08. The molecule has 1 aliphatic heterocycles. The van der Waals surface area contributed by atoms with E-state index in [0.717, 1.165) is 25.9 Å². The summed E-state index contributed by atoms with van der Waals surface area (Å²) in [7, 11) is 1.95. The number of amides is 1. The normalized spacial score (nSPS) is 20.5. The van der Waals surface area contributed by atoms with Crippen molar-refractivity contribution in [3.63, 3.8) is 0 Å². The molecule has 1 saturated heterocycles. The van der Waals surface area contributed by atoms with Crippen LogP contribution in [0, 0.1) is 0 Å². The van der Waals surface area contributed by atoms with Gasteiger partial charge in [-0.2, -0.15) is 0 Å². The molecule has 0 bridgehead atoms. The van der Waals surface area contributed by atoms with Crippen LogP contribution in [0.3, 0.4) is 0 Å². The number of likely N-dealkylation sites (N-methyl/N-ethyl adjacent to an activating group) is 1. The quantitative estimate of drug-likeness (QED) is 0.793. The van der Waals surface area contributed by atoms with E-state index in [4.69, 9.17) is 0 Å². The molecule has 1 fully saturated rings.